The van der Waals surface area contributed by atoms with Gasteiger partial charge >= 0.3 is 6.09 Å². The van der Waals surface area contributed by atoms with Crippen LogP contribution in [0.4, 0.5) is 4.79 Å². The second-order valence-electron chi connectivity index (χ2n) is 12.6. The molecule has 0 bridgehead atoms. The number of nitrogens with zero attached hydrogens (tertiary/aromatic N) is 1. The number of piperidine rings is 1. The highest BCUT2D eigenvalue weighted by Gasteiger charge is 2.58. The van der Waals surface area contributed by atoms with Crippen LogP contribution in [0.15, 0.2) is 121 Å². The molecular formula is C37H41NO5Si. The maximum absolute atomic E-state index is 13.1. The van der Waals surface area contributed by atoms with E-state index in [1.807, 2.05) is 60.7 Å². The zero-order chi connectivity index (χ0) is 30.6. The van der Waals surface area contributed by atoms with Gasteiger partial charge in [0.2, 0.25) is 0 Å². The Morgan fingerprint density at radius 3 is 1.68 bits per heavy atom. The predicted molar refractivity (Wildman–Crippen MR) is 174 cm³/mol. The number of cyclic esters (lactones) is 1. The fraction of sp³-hybridized carbons (Fsp3) is 0.324. The molecule has 0 N–H and O–H groups in total. The number of amides is 1. The molecule has 228 valence electrons. The topological polar surface area (TPSA) is 57.2 Å². The van der Waals surface area contributed by atoms with Gasteiger partial charge in [-0.3, -0.25) is 4.90 Å². The number of hydrogen-bond donors (Lipinski definition) is 0. The van der Waals surface area contributed by atoms with Crippen LogP contribution in [0.5, 0.6) is 0 Å². The lowest BCUT2D eigenvalue weighted by Gasteiger charge is -2.51. The van der Waals surface area contributed by atoms with Gasteiger partial charge in [0.15, 0.2) is 0 Å². The minimum atomic E-state index is -3.01. The molecule has 0 unspecified atom stereocenters. The van der Waals surface area contributed by atoms with Gasteiger partial charge in [-0.25, -0.2) is 4.79 Å². The maximum Gasteiger partial charge on any atom is 0.410 e. The van der Waals surface area contributed by atoms with Crippen molar-refractivity contribution in [1.82, 2.24) is 4.90 Å². The number of fused-ring (bicyclic) bond motifs is 1. The molecule has 2 aliphatic rings. The molecule has 44 heavy (non-hydrogen) atoms. The molecular weight excluding hydrogens is 566 g/mol. The first-order valence-corrected chi connectivity index (χ1v) is 17.3. The molecule has 0 aromatic heterocycles. The number of hydrogen-bond acceptors (Lipinski definition) is 5. The minimum absolute atomic E-state index is 0.248. The van der Waals surface area contributed by atoms with Crippen molar-refractivity contribution in [3.8, 4) is 0 Å². The molecule has 0 aliphatic carbocycles. The fourth-order valence-electron chi connectivity index (χ4n) is 6.61. The minimum Gasteiger partial charge on any atom is -0.447 e. The normalized spacial score (nSPS) is 22.0. The summed E-state index contributed by atoms with van der Waals surface area (Å²) >= 11 is 0. The van der Waals surface area contributed by atoms with Crippen LogP contribution in [0.2, 0.25) is 5.04 Å². The SMILES string of the molecule is CC(C)(C)[Si](O[C@H]1[C@H](OCc2ccccc2)[C@@H](OCc2ccccc2)CN2C(=O)OC[C@H]12)(c1ccccc1)c1ccccc1. The summed E-state index contributed by atoms with van der Waals surface area (Å²) in [5.74, 6) is 0. The Morgan fingerprint density at radius 2 is 1.18 bits per heavy atom. The van der Waals surface area contributed by atoms with Crippen LogP contribution in [-0.4, -0.2) is 56.8 Å². The summed E-state index contributed by atoms with van der Waals surface area (Å²) in [6, 6.07) is 41.1. The van der Waals surface area contributed by atoms with E-state index in [-0.39, 0.29) is 23.8 Å². The van der Waals surface area contributed by atoms with Crippen molar-refractivity contribution in [1.29, 1.82) is 0 Å². The first-order chi connectivity index (χ1) is 21.4. The maximum atomic E-state index is 13.1. The molecule has 1 amide bonds. The molecule has 2 fully saturated rings. The lowest BCUT2D eigenvalue weighted by Crippen LogP contribution is -2.72. The highest BCUT2D eigenvalue weighted by atomic mass is 28.4. The lowest BCUT2D eigenvalue weighted by molar-refractivity contribution is -0.167. The summed E-state index contributed by atoms with van der Waals surface area (Å²) in [5.41, 5.74) is 2.13. The van der Waals surface area contributed by atoms with E-state index in [0.29, 0.717) is 19.8 Å². The number of ether oxygens (including phenoxy) is 3. The van der Waals surface area contributed by atoms with E-state index in [2.05, 4.69) is 81.4 Å². The van der Waals surface area contributed by atoms with Gasteiger partial charge < -0.3 is 18.6 Å². The van der Waals surface area contributed by atoms with Crippen LogP contribution in [-0.2, 0) is 31.9 Å². The Bertz CT molecular complexity index is 1460. The van der Waals surface area contributed by atoms with Crippen LogP contribution in [0, 0.1) is 0 Å². The van der Waals surface area contributed by atoms with Gasteiger partial charge in [-0.15, -0.1) is 0 Å². The Hall–Kier alpha value is -3.75. The largest absolute Gasteiger partial charge is 0.447 e. The van der Waals surface area contributed by atoms with Crippen LogP contribution in [0.3, 0.4) is 0 Å². The van der Waals surface area contributed by atoms with Gasteiger partial charge in [-0.05, 0) is 26.5 Å². The van der Waals surface area contributed by atoms with E-state index < -0.39 is 26.6 Å². The van der Waals surface area contributed by atoms with E-state index >= 15 is 0 Å². The van der Waals surface area contributed by atoms with Crippen molar-refractivity contribution in [3.05, 3.63) is 132 Å². The van der Waals surface area contributed by atoms with Gasteiger partial charge in [-0.2, -0.15) is 0 Å². The van der Waals surface area contributed by atoms with Crippen molar-refractivity contribution in [2.75, 3.05) is 13.2 Å². The molecule has 4 aromatic carbocycles. The molecule has 7 heteroatoms. The smallest absolute Gasteiger partial charge is 0.410 e. The van der Waals surface area contributed by atoms with Gasteiger partial charge in [0.25, 0.3) is 8.32 Å². The number of rotatable bonds is 10. The molecule has 4 aromatic rings. The first-order valence-electron chi connectivity index (χ1n) is 15.4. The van der Waals surface area contributed by atoms with E-state index in [1.54, 1.807) is 4.90 Å². The third-order valence-electron chi connectivity index (χ3n) is 8.78. The zero-order valence-electron chi connectivity index (χ0n) is 25.7. The summed E-state index contributed by atoms with van der Waals surface area (Å²) in [6.07, 6.45) is -1.70. The average molecular weight is 608 g/mol. The molecule has 4 atom stereocenters. The Labute approximate surface area is 261 Å². The second kappa shape index (κ2) is 13.1. The van der Waals surface area contributed by atoms with Gasteiger partial charge in [-0.1, -0.05) is 142 Å². The monoisotopic (exact) mass is 607 g/mol. The van der Waals surface area contributed by atoms with E-state index in [4.69, 9.17) is 18.6 Å². The first kappa shape index (κ1) is 30.3. The third kappa shape index (κ3) is 6.10. The number of benzene rings is 4. The molecule has 2 saturated heterocycles. The summed E-state index contributed by atoms with van der Waals surface area (Å²) < 4.78 is 26.9. The van der Waals surface area contributed by atoms with Crippen molar-refractivity contribution in [2.24, 2.45) is 0 Å². The molecule has 0 radical (unpaired) electrons. The van der Waals surface area contributed by atoms with E-state index in [9.17, 15) is 4.79 Å². The number of carbonyl (C=O) groups is 1. The highest BCUT2D eigenvalue weighted by molar-refractivity contribution is 6.99. The standard InChI is InChI=1S/C37H41NO5Si/c1-37(2,3)44(30-20-12-6-13-21-30,31-22-14-7-15-23-31)43-34-32-27-42-36(39)38(32)24-33(40-25-28-16-8-4-9-17-28)35(34)41-26-29-18-10-5-11-19-29/h4-23,32-35H,24-27H2,1-3H3/t32-,33+,34-,35-/m1/s1. The highest BCUT2D eigenvalue weighted by Crippen LogP contribution is 2.41. The average Bonchev–Trinajstić information content (AvgIpc) is 3.43. The summed E-state index contributed by atoms with van der Waals surface area (Å²) in [6.45, 7) is 8.21. The molecule has 0 saturated carbocycles. The Balaban J connectivity index is 1.45. The summed E-state index contributed by atoms with van der Waals surface area (Å²) in [4.78, 5) is 14.9. The third-order valence-corrected chi connectivity index (χ3v) is 13.8. The zero-order valence-corrected chi connectivity index (χ0v) is 26.7. The van der Waals surface area contributed by atoms with Crippen molar-refractivity contribution < 1.29 is 23.4 Å². The quantitative estimate of drug-likeness (QED) is 0.209. The van der Waals surface area contributed by atoms with Crippen molar-refractivity contribution in [3.63, 3.8) is 0 Å². The van der Waals surface area contributed by atoms with Gasteiger partial charge in [0, 0.05) is 0 Å². The van der Waals surface area contributed by atoms with Gasteiger partial charge in [0.1, 0.15) is 18.8 Å². The van der Waals surface area contributed by atoms with Gasteiger partial charge in [0.05, 0.1) is 31.9 Å². The molecule has 6 nitrogen and oxygen atoms in total. The second-order valence-corrected chi connectivity index (χ2v) is 16.9. The summed E-state index contributed by atoms with van der Waals surface area (Å²) in [7, 11) is -3.01. The Morgan fingerprint density at radius 1 is 0.705 bits per heavy atom. The van der Waals surface area contributed by atoms with Crippen LogP contribution < -0.4 is 10.4 Å². The van der Waals surface area contributed by atoms with Crippen molar-refractivity contribution in [2.45, 2.75) is 63.4 Å². The molecule has 0 spiro atoms. The lowest BCUT2D eigenvalue weighted by atomic mass is 9.94. The van der Waals surface area contributed by atoms with E-state index in [1.165, 1.54) is 10.4 Å². The fourth-order valence-corrected chi connectivity index (χ4v) is 11.3. The molecule has 6 rings (SSSR count). The van der Waals surface area contributed by atoms with Crippen LogP contribution in [0.1, 0.15) is 31.9 Å². The molecule has 2 aliphatic heterocycles. The van der Waals surface area contributed by atoms with E-state index in [0.717, 1.165) is 11.1 Å². The summed E-state index contributed by atoms with van der Waals surface area (Å²) in [5, 5.41) is 2.08. The predicted octanol–water partition coefficient (Wildman–Crippen LogP) is 5.94. The van der Waals surface area contributed by atoms with Crippen molar-refractivity contribution >= 4 is 24.8 Å². The number of carbonyl (C=O) groups excluding carboxylic acids is 1. The Kier molecular flexibility index (Phi) is 9.00. The molecule has 2 heterocycles. The van der Waals surface area contributed by atoms with Crippen LogP contribution >= 0.6 is 0 Å². The van der Waals surface area contributed by atoms with Crippen LogP contribution in [0.25, 0.3) is 0 Å².